The number of aromatic nitrogens is 2. The Balaban J connectivity index is 1.69. The molecule has 1 heterocycles. The number of hydrazone groups is 1. The first-order valence-corrected chi connectivity index (χ1v) is 8.30. The first kappa shape index (κ1) is 17.3. The molecular weight excluding hydrogens is 411 g/mol. The number of aromatic amines is 1. The van der Waals surface area contributed by atoms with Gasteiger partial charge < -0.3 is 0 Å². The van der Waals surface area contributed by atoms with Gasteiger partial charge in [0.25, 0.3) is 5.91 Å². The summed E-state index contributed by atoms with van der Waals surface area (Å²) in [5, 5.41) is 11.1. The zero-order chi connectivity index (χ0) is 17.8. The minimum atomic E-state index is -0.487. The maximum atomic E-state index is 13.6. The van der Waals surface area contributed by atoms with Gasteiger partial charge in [0, 0.05) is 20.6 Å². The van der Waals surface area contributed by atoms with Crippen molar-refractivity contribution in [3.05, 3.63) is 75.1 Å². The molecule has 0 aliphatic rings. The molecule has 0 spiro atoms. The van der Waals surface area contributed by atoms with E-state index in [4.69, 9.17) is 11.6 Å². The summed E-state index contributed by atoms with van der Waals surface area (Å²) in [6, 6.07) is 13.1. The maximum absolute atomic E-state index is 13.6. The van der Waals surface area contributed by atoms with Gasteiger partial charge in [-0.05, 0) is 36.4 Å². The van der Waals surface area contributed by atoms with Crippen LogP contribution in [-0.2, 0) is 0 Å². The lowest BCUT2D eigenvalue weighted by Gasteiger charge is -1.98. The molecule has 126 valence electrons. The minimum Gasteiger partial charge on any atom is -0.272 e. The second-order valence-electron chi connectivity index (χ2n) is 5.04. The predicted octanol–water partition coefficient (Wildman–Crippen LogP) is 4.40. The molecular formula is C17H11BrClFN4O. The highest BCUT2D eigenvalue weighted by atomic mass is 79.9. The first-order chi connectivity index (χ1) is 12.0. The number of hydrogen-bond acceptors (Lipinski definition) is 3. The lowest BCUT2D eigenvalue weighted by atomic mass is 10.1. The SMILES string of the molecule is O=C(N/N=C/c1cc(Br)ccc1F)c1cc(-c2ccc(Cl)cc2)n[nH]1. The van der Waals surface area contributed by atoms with Gasteiger partial charge in [0.1, 0.15) is 11.5 Å². The molecule has 0 unspecified atom stereocenters. The Morgan fingerprint density at radius 3 is 2.76 bits per heavy atom. The highest BCUT2D eigenvalue weighted by molar-refractivity contribution is 9.10. The van der Waals surface area contributed by atoms with Crippen LogP contribution in [0.4, 0.5) is 4.39 Å². The largest absolute Gasteiger partial charge is 0.289 e. The molecule has 1 amide bonds. The molecule has 0 saturated heterocycles. The molecule has 2 aromatic carbocycles. The van der Waals surface area contributed by atoms with Gasteiger partial charge in [-0.3, -0.25) is 9.89 Å². The number of carbonyl (C=O) groups is 1. The van der Waals surface area contributed by atoms with Crippen LogP contribution in [0.1, 0.15) is 16.1 Å². The van der Waals surface area contributed by atoms with Crippen LogP contribution >= 0.6 is 27.5 Å². The molecule has 0 radical (unpaired) electrons. The van der Waals surface area contributed by atoms with Crippen molar-refractivity contribution in [3.63, 3.8) is 0 Å². The summed E-state index contributed by atoms with van der Waals surface area (Å²) in [6.07, 6.45) is 1.23. The van der Waals surface area contributed by atoms with Crippen LogP contribution in [0.3, 0.4) is 0 Å². The lowest BCUT2D eigenvalue weighted by Crippen LogP contribution is -2.18. The van der Waals surface area contributed by atoms with Crippen LogP contribution in [0.15, 0.2) is 58.1 Å². The average Bonchev–Trinajstić information content (AvgIpc) is 3.08. The fraction of sp³-hybridized carbons (Fsp3) is 0. The van der Waals surface area contributed by atoms with E-state index in [-0.39, 0.29) is 11.3 Å². The normalized spacial score (nSPS) is 11.0. The van der Waals surface area contributed by atoms with Crippen molar-refractivity contribution in [2.75, 3.05) is 0 Å². The van der Waals surface area contributed by atoms with Crippen LogP contribution in [0, 0.1) is 5.82 Å². The molecule has 8 heteroatoms. The van der Waals surface area contributed by atoms with Crippen LogP contribution in [0.25, 0.3) is 11.3 Å². The van der Waals surface area contributed by atoms with Crippen molar-refractivity contribution in [2.45, 2.75) is 0 Å². The third-order valence-corrected chi connectivity index (χ3v) is 4.04. The van der Waals surface area contributed by atoms with Crippen molar-refractivity contribution in [2.24, 2.45) is 5.10 Å². The van der Waals surface area contributed by atoms with E-state index in [1.165, 1.54) is 12.3 Å². The molecule has 5 nitrogen and oxygen atoms in total. The van der Waals surface area contributed by atoms with Gasteiger partial charge in [0.2, 0.25) is 0 Å². The van der Waals surface area contributed by atoms with E-state index in [0.29, 0.717) is 15.2 Å². The molecule has 3 rings (SSSR count). The van der Waals surface area contributed by atoms with Crippen LogP contribution in [-0.4, -0.2) is 22.3 Å². The van der Waals surface area contributed by atoms with E-state index in [9.17, 15) is 9.18 Å². The summed E-state index contributed by atoms with van der Waals surface area (Å²) < 4.78 is 14.3. The third kappa shape index (κ3) is 4.32. The van der Waals surface area contributed by atoms with Gasteiger partial charge in [0.15, 0.2) is 0 Å². The van der Waals surface area contributed by atoms with E-state index in [1.54, 1.807) is 42.5 Å². The number of amides is 1. The van der Waals surface area contributed by atoms with Gasteiger partial charge in [-0.1, -0.05) is 39.7 Å². The number of halogens is 3. The summed E-state index contributed by atoms with van der Waals surface area (Å²) >= 11 is 9.09. The summed E-state index contributed by atoms with van der Waals surface area (Å²) in [5.41, 5.74) is 4.23. The minimum absolute atomic E-state index is 0.233. The topological polar surface area (TPSA) is 70.1 Å². The Hall–Kier alpha value is -2.51. The monoisotopic (exact) mass is 420 g/mol. The van der Waals surface area contributed by atoms with Crippen molar-refractivity contribution >= 4 is 39.7 Å². The number of nitrogens with zero attached hydrogens (tertiary/aromatic N) is 2. The Kier molecular flexibility index (Phi) is 5.25. The number of hydrogen-bond donors (Lipinski definition) is 2. The molecule has 0 atom stereocenters. The van der Waals surface area contributed by atoms with Crippen molar-refractivity contribution < 1.29 is 9.18 Å². The molecule has 1 aromatic heterocycles. The number of carbonyl (C=O) groups excluding carboxylic acids is 1. The van der Waals surface area contributed by atoms with E-state index >= 15 is 0 Å². The second-order valence-corrected chi connectivity index (χ2v) is 6.39. The molecule has 0 fully saturated rings. The predicted molar refractivity (Wildman–Crippen MR) is 98.2 cm³/mol. The van der Waals surface area contributed by atoms with Crippen molar-refractivity contribution in [3.8, 4) is 11.3 Å². The number of rotatable bonds is 4. The molecule has 3 aromatic rings. The zero-order valence-electron chi connectivity index (χ0n) is 12.6. The highest BCUT2D eigenvalue weighted by Crippen LogP contribution is 2.20. The molecule has 2 N–H and O–H groups in total. The summed E-state index contributed by atoms with van der Waals surface area (Å²) in [5.74, 6) is -0.924. The van der Waals surface area contributed by atoms with Gasteiger partial charge >= 0.3 is 0 Å². The van der Waals surface area contributed by atoms with Crippen molar-refractivity contribution in [1.29, 1.82) is 0 Å². The van der Waals surface area contributed by atoms with E-state index in [1.807, 2.05) is 0 Å². The number of benzene rings is 2. The quantitative estimate of drug-likeness (QED) is 0.484. The average molecular weight is 422 g/mol. The van der Waals surface area contributed by atoms with E-state index in [2.05, 4.69) is 36.7 Å². The molecule has 0 aliphatic heterocycles. The molecule has 0 bridgehead atoms. The van der Waals surface area contributed by atoms with Gasteiger partial charge in [0.05, 0.1) is 11.9 Å². The van der Waals surface area contributed by atoms with Crippen LogP contribution < -0.4 is 5.43 Å². The van der Waals surface area contributed by atoms with Gasteiger partial charge in [-0.2, -0.15) is 10.2 Å². The third-order valence-electron chi connectivity index (χ3n) is 3.29. The Morgan fingerprint density at radius 2 is 2.00 bits per heavy atom. The summed E-state index contributed by atoms with van der Waals surface area (Å²) in [4.78, 5) is 12.1. The molecule has 0 aliphatic carbocycles. The molecule has 0 saturated carbocycles. The Bertz CT molecular complexity index is 940. The van der Waals surface area contributed by atoms with Gasteiger partial charge in [-0.15, -0.1) is 0 Å². The van der Waals surface area contributed by atoms with Crippen molar-refractivity contribution in [1.82, 2.24) is 15.6 Å². The number of nitrogens with one attached hydrogen (secondary N) is 2. The van der Waals surface area contributed by atoms with E-state index in [0.717, 1.165) is 5.56 Å². The maximum Gasteiger partial charge on any atom is 0.289 e. The molecule has 25 heavy (non-hydrogen) atoms. The van der Waals surface area contributed by atoms with E-state index < -0.39 is 11.7 Å². The Labute approximate surface area is 156 Å². The summed E-state index contributed by atoms with van der Waals surface area (Å²) in [6.45, 7) is 0. The van der Waals surface area contributed by atoms with Crippen LogP contribution in [0.5, 0.6) is 0 Å². The zero-order valence-corrected chi connectivity index (χ0v) is 15.0. The standard InChI is InChI=1S/C17H11BrClFN4O/c18-12-3-6-14(20)11(7-12)9-21-24-17(25)16-8-15(22-23-16)10-1-4-13(19)5-2-10/h1-9H,(H,22,23)(H,24,25)/b21-9+. The lowest BCUT2D eigenvalue weighted by molar-refractivity contribution is 0.0950. The highest BCUT2D eigenvalue weighted by Gasteiger charge is 2.10. The number of H-pyrrole nitrogens is 1. The van der Waals surface area contributed by atoms with Gasteiger partial charge in [-0.25, -0.2) is 9.82 Å². The smallest absolute Gasteiger partial charge is 0.272 e. The fourth-order valence-corrected chi connectivity index (χ4v) is 2.55. The second kappa shape index (κ2) is 7.58. The summed E-state index contributed by atoms with van der Waals surface area (Å²) in [7, 11) is 0. The Morgan fingerprint density at radius 1 is 1.24 bits per heavy atom. The first-order valence-electron chi connectivity index (χ1n) is 7.13. The van der Waals surface area contributed by atoms with Crippen LogP contribution in [0.2, 0.25) is 5.02 Å². The fourth-order valence-electron chi connectivity index (χ4n) is 2.04.